The fraction of sp³-hybridized carbons (Fsp3) is 0.724. The summed E-state index contributed by atoms with van der Waals surface area (Å²) in [6, 6.07) is 0. The van der Waals surface area contributed by atoms with Gasteiger partial charge in [-0.1, -0.05) is 193 Å². The lowest BCUT2D eigenvalue weighted by molar-refractivity contribution is 0.212. The Labute approximate surface area is 392 Å². The second kappa shape index (κ2) is 37.0. The van der Waals surface area contributed by atoms with Gasteiger partial charge >= 0.3 is 7.82 Å². The summed E-state index contributed by atoms with van der Waals surface area (Å²) >= 11 is 0. The van der Waals surface area contributed by atoms with Gasteiger partial charge in [-0.2, -0.15) is 0 Å². The van der Waals surface area contributed by atoms with Gasteiger partial charge < -0.3 is 4.52 Å². The van der Waals surface area contributed by atoms with Crippen molar-refractivity contribution in [2.24, 2.45) is 0 Å². The minimum atomic E-state index is -4.52. The zero-order valence-electron chi connectivity index (χ0n) is 43.4. The maximum Gasteiger partial charge on any atom is 0.527 e. The molecule has 0 saturated carbocycles. The Bertz CT molecular complexity index is 1490. The van der Waals surface area contributed by atoms with Crippen LogP contribution in [0.3, 0.4) is 0 Å². The third-order valence-electron chi connectivity index (χ3n) is 13.0. The van der Waals surface area contributed by atoms with Crippen LogP contribution in [0, 0.1) is 0 Å². The number of benzene rings is 1. The van der Waals surface area contributed by atoms with Crippen LogP contribution in [0.25, 0.3) is 27.9 Å². The molecular weight excluding hydrogens is 792 g/mol. The van der Waals surface area contributed by atoms with Gasteiger partial charge in [-0.05, 0) is 150 Å². The monoisotopic (exact) mass is 893 g/mol. The van der Waals surface area contributed by atoms with Gasteiger partial charge in [0.15, 0.2) is 0 Å². The topological polar surface area (TPSA) is 55.8 Å². The van der Waals surface area contributed by atoms with Gasteiger partial charge in [0.1, 0.15) is 5.75 Å². The molecule has 0 saturated heterocycles. The molecule has 0 amide bonds. The highest BCUT2D eigenvalue weighted by Gasteiger charge is 2.35. The third kappa shape index (κ3) is 21.8. The first-order valence-electron chi connectivity index (χ1n) is 26.8. The minimum Gasteiger partial charge on any atom is -0.403 e. The molecule has 1 aromatic carbocycles. The van der Waals surface area contributed by atoms with Crippen LogP contribution in [-0.2, 0) is 9.09 Å². The van der Waals surface area contributed by atoms with Crippen molar-refractivity contribution in [2.75, 3.05) is 6.61 Å². The van der Waals surface area contributed by atoms with E-state index in [0.29, 0.717) is 5.75 Å². The van der Waals surface area contributed by atoms with E-state index in [1.807, 2.05) is 0 Å². The van der Waals surface area contributed by atoms with Crippen LogP contribution in [0.2, 0.25) is 0 Å². The van der Waals surface area contributed by atoms with Crippen molar-refractivity contribution in [3.05, 3.63) is 58.2 Å². The van der Waals surface area contributed by atoms with Crippen molar-refractivity contribution in [1.82, 2.24) is 0 Å². The average Bonchev–Trinajstić information content (AvgIpc) is 3.27. The lowest BCUT2D eigenvalue weighted by atomic mass is 9.74. The van der Waals surface area contributed by atoms with E-state index in [9.17, 15) is 9.46 Å². The number of hydrogen-bond donors (Lipinski definition) is 1. The number of phosphoric acid groups is 1. The van der Waals surface area contributed by atoms with Crippen molar-refractivity contribution < 1.29 is 18.5 Å². The first kappa shape index (κ1) is 58.9. The summed E-state index contributed by atoms with van der Waals surface area (Å²) in [6.07, 6.45) is 46.4. The largest absolute Gasteiger partial charge is 0.527 e. The summed E-state index contributed by atoms with van der Waals surface area (Å²) in [5, 5.41) is 0. The Kier molecular flexibility index (Phi) is 34.6. The molecule has 0 aliphatic rings. The number of hydrogen-bond acceptors (Lipinski definition) is 3. The van der Waals surface area contributed by atoms with Crippen LogP contribution in [-0.4, -0.2) is 11.5 Å². The number of rotatable bonds is 39. The van der Waals surface area contributed by atoms with Crippen molar-refractivity contribution in [3.8, 4) is 5.75 Å². The molecule has 1 N–H and O–H groups in total. The van der Waals surface area contributed by atoms with Gasteiger partial charge in [-0.15, -0.1) is 0 Å². The standard InChI is InChI=1S/C58H101O4P/c1-12-23-28-33-38-43-48(17-6)53-54(49(18-7)44-39-34-29-24-13-2)56(51(20-9)46-41-36-31-26-15-4)58(62-63(59,60)61-22-11)57(52(21-10)47-42-37-32-27-16-5)55(53)50(19-8)45-40-35-30-25-14-3/h17-21H,12-16,22-47H2,1-11H3,(H,59,60)/b48-17-,49-18-,50-19-,51-20-,52-21-. The van der Waals surface area contributed by atoms with Gasteiger partial charge in [-0.25, -0.2) is 4.57 Å². The highest BCUT2D eigenvalue weighted by Crippen LogP contribution is 2.56. The van der Waals surface area contributed by atoms with Crippen LogP contribution >= 0.6 is 7.82 Å². The van der Waals surface area contributed by atoms with Crippen LogP contribution in [0.15, 0.2) is 30.4 Å². The normalized spacial score (nSPS) is 14.2. The number of unbranched alkanes of at least 4 members (excludes halogenated alkanes) is 20. The first-order valence-corrected chi connectivity index (χ1v) is 28.3. The van der Waals surface area contributed by atoms with Gasteiger partial charge in [0.05, 0.1) is 6.61 Å². The first-order chi connectivity index (χ1) is 30.6. The summed E-state index contributed by atoms with van der Waals surface area (Å²) in [7, 11) is -4.52. The van der Waals surface area contributed by atoms with E-state index < -0.39 is 7.82 Å². The van der Waals surface area contributed by atoms with Crippen LogP contribution in [0.4, 0.5) is 0 Å². The molecular formula is C58H101O4P. The maximum absolute atomic E-state index is 14.4. The highest BCUT2D eigenvalue weighted by molar-refractivity contribution is 7.47. The molecule has 0 radical (unpaired) electrons. The average molecular weight is 893 g/mol. The molecule has 0 aliphatic carbocycles. The fourth-order valence-corrected chi connectivity index (χ4v) is 10.2. The van der Waals surface area contributed by atoms with E-state index in [-0.39, 0.29) is 6.61 Å². The summed E-state index contributed by atoms with van der Waals surface area (Å²) in [5.41, 5.74) is 12.3. The molecule has 0 aliphatic heterocycles. The maximum atomic E-state index is 14.4. The smallest absolute Gasteiger partial charge is 0.403 e. The van der Waals surface area contributed by atoms with Crippen molar-refractivity contribution in [2.45, 2.75) is 269 Å². The molecule has 5 heteroatoms. The second-order valence-corrected chi connectivity index (χ2v) is 19.5. The summed E-state index contributed by atoms with van der Waals surface area (Å²) in [5.74, 6) is 0.556. The highest BCUT2D eigenvalue weighted by atomic mass is 31.2. The molecule has 0 heterocycles. The molecule has 1 unspecified atom stereocenters. The Balaban J connectivity index is 4.87. The molecule has 0 fully saturated rings. The third-order valence-corrected chi connectivity index (χ3v) is 14.0. The number of allylic oxidation sites excluding steroid dienone is 10. The Morgan fingerprint density at radius 3 is 0.825 bits per heavy atom. The Morgan fingerprint density at radius 2 is 0.603 bits per heavy atom. The summed E-state index contributed by atoms with van der Waals surface area (Å²) < 4.78 is 26.8. The van der Waals surface area contributed by atoms with E-state index in [4.69, 9.17) is 9.05 Å². The van der Waals surface area contributed by atoms with E-state index >= 15 is 0 Å². The van der Waals surface area contributed by atoms with E-state index in [0.717, 1.165) is 88.2 Å². The molecule has 0 spiro atoms. The molecule has 1 atom stereocenters. The predicted octanol–water partition coefficient (Wildman–Crippen LogP) is 21.0. The molecule has 1 aromatic rings. The molecule has 63 heavy (non-hydrogen) atoms. The second-order valence-electron chi connectivity index (χ2n) is 18.1. The minimum absolute atomic E-state index is 0.0918. The molecule has 0 aromatic heterocycles. The van der Waals surface area contributed by atoms with Crippen molar-refractivity contribution in [3.63, 3.8) is 0 Å². The van der Waals surface area contributed by atoms with E-state index in [1.165, 1.54) is 160 Å². The summed E-state index contributed by atoms with van der Waals surface area (Å²) in [4.78, 5) is 11.7. The van der Waals surface area contributed by atoms with E-state index in [1.54, 1.807) is 6.92 Å². The Hall–Kier alpha value is -2.13. The Morgan fingerprint density at radius 1 is 0.381 bits per heavy atom. The number of phosphoric ester groups is 1. The quantitative estimate of drug-likeness (QED) is 0.0528. The van der Waals surface area contributed by atoms with Gasteiger partial charge in [0.2, 0.25) is 0 Å². The van der Waals surface area contributed by atoms with Crippen molar-refractivity contribution >= 4 is 35.7 Å². The lowest BCUT2D eigenvalue weighted by Gasteiger charge is -2.32. The zero-order chi connectivity index (χ0) is 46.7. The van der Waals surface area contributed by atoms with Crippen LogP contribution in [0.1, 0.15) is 297 Å². The van der Waals surface area contributed by atoms with Gasteiger partial charge in [0, 0.05) is 11.1 Å². The van der Waals surface area contributed by atoms with Crippen LogP contribution < -0.4 is 4.52 Å². The molecule has 0 bridgehead atoms. The van der Waals surface area contributed by atoms with Gasteiger partial charge in [-0.3, -0.25) is 9.42 Å². The predicted molar refractivity (Wildman–Crippen MR) is 284 cm³/mol. The zero-order valence-corrected chi connectivity index (χ0v) is 44.3. The van der Waals surface area contributed by atoms with E-state index in [2.05, 4.69) is 99.6 Å². The molecule has 362 valence electrons. The van der Waals surface area contributed by atoms with Gasteiger partial charge in [0.25, 0.3) is 0 Å². The lowest BCUT2D eigenvalue weighted by Crippen LogP contribution is -2.13. The molecule has 1 rings (SSSR count). The SMILES string of the molecule is C/C=C(/CCCCCCC)c1c(OP(=O)(O)OCC)c(/C(=C\C)CCCCCCC)c(/C(=C\C)CCCCCCC)c(/C(=C\C)CCCCCCC)c1/C(=C\C)CCCCCCC. The summed E-state index contributed by atoms with van der Waals surface area (Å²) in [6.45, 7) is 24.3. The van der Waals surface area contributed by atoms with Crippen LogP contribution in [0.5, 0.6) is 5.75 Å². The fourth-order valence-electron chi connectivity index (χ4n) is 9.36. The molecule has 4 nitrogen and oxygen atoms in total. The van der Waals surface area contributed by atoms with Crippen molar-refractivity contribution in [1.29, 1.82) is 0 Å².